The molecular formula is C33H27FN4O4S2. The number of anilines is 1. The van der Waals surface area contributed by atoms with Gasteiger partial charge in [-0.1, -0.05) is 18.7 Å². The molecule has 5 aromatic rings. The van der Waals surface area contributed by atoms with Crippen LogP contribution >= 0.6 is 22.7 Å². The van der Waals surface area contributed by atoms with Gasteiger partial charge in [-0.2, -0.15) is 0 Å². The Kier molecular flexibility index (Phi) is 7.45. The van der Waals surface area contributed by atoms with Crippen LogP contribution in [0.15, 0.2) is 60.5 Å². The number of methoxy groups -OCH3 is 1. The number of pyridine rings is 1. The van der Waals surface area contributed by atoms with Gasteiger partial charge in [0.05, 0.1) is 31.0 Å². The SMILES string of the molecule is C=CC(=O)N1CCc2nc(-c3nc(-c4ccc5c(c4)NC(=O)C5)c4ccsc4c3-c3ccc(F)cc3OCCOC)sc2C1. The number of benzene rings is 2. The van der Waals surface area contributed by atoms with Gasteiger partial charge in [-0.15, -0.1) is 22.7 Å². The van der Waals surface area contributed by atoms with Crippen molar-refractivity contribution < 1.29 is 23.5 Å². The Morgan fingerprint density at radius 1 is 1.16 bits per heavy atom. The lowest BCUT2D eigenvalue weighted by atomic mass is 9.97. The van der Waals surface area contributed by atoms with E-state index in [0.717, 1.165) is 48.7 Å². The highest BCUT2D eigenvalue weighted by Crippen LogP contribution is 2.47. The molecule has 8 nitrogen and oxygen atoms in total. The first-order valence-electron chi connectivity index (χ1n) is 14.1. The van der Waals surface area contributed by atoms with Crippen LogP contribution in [0.3, 0.4) is 0 Å². The quantitative estimate of drug-likeness (QED) is 0.157. The minimum Gasteiger partial charge on any atom is -0.490 e. The van der Waals surface area contributed by atoms with E-state index < -0.39 is 5.82 Å². The van der Waals surface area contributed by atoms with Gasteiger partial charge in [-0.25, -0.2) is 14.4 Å². The normalized spacial score (nSPS) is 14.0. The van der Waals surface area contributed by atoms with Crippen LogP contribution in [0.2, 0.25) is 0 Å². The first kappa shape index (κ1) is 28.3. The molecule has 11 heteroatoms. The number of rotatable bonds is 8. The fourth-order valence-electron chi connectivity index (χ4n) is 5.68. The number of halogens is 1. The van der Waals surface area contributed by atoms with Crippen molar-refractivity contribution in [3.8, 4) is 38.8 Å². The Morgan fingerprint density at radius 3 is 2.89 bits per heavy atom. The molecule has 5 heterocycles. The van der Waals surface area contributed by atoms with Crippen LogP contribution in [0, 0.1) is 5.82 Å². The van der Waals surface area contributed by atoms with Gasteiger partial charge in [0, 0.05) is 63.5 Å². The van der Waals surface area contributed by atoms with E-state index in [1.807, 2.05) is 29.6 Å². The molecule has 2 aliphatic rings. The second-order valence-corrected chi connectivity index (χ2v) is 12.5. The third kappa shape index (κ3) is 5.06. The zero-order chi connectivity index (χ0) is 30.4. The van der Waals surface area contributed by atoms with E-state index in [9.17, 15) is 14.0 Å². The number of hydrogen-bond donors (Lipinski definition) is 1. The number of fused-ring (bicyclic) bond motifs is 3. The first-order valence-corrected chi connectivity index (χ1v) is 15.8. The highest BCUT2D eigenvalue weighted by atomic mass is 32.1. The van der Waals surface area contributed by atoms with Crippen molar-refractivity contribution in [2.24, 2.45) is 0 Å². The van der Waals surface area contributed by atoms with Gasteiger partial charge in [0.2, 0.25) is 11.8 Å². The summed E-state index contributed by atoms with van der Waals surface area (Å²) in [4.78, 5) is 37.6. The molecule has 0 atom stereocenters. The van der Waals surface area contributed by atoms with E-state index in [-0.39, 0.29) is 18.4 Å². The maximum Gasteiger partial charge on any atom is 0.246 e. The highest BCUT2D eigenvalue weighted by molar-refractivity contribution is 7.18. The lowest BCUT2D eigenvalue weighted by Gasteiger charge is -2.24. The van der Waals surface area contributed by atoms with Crippen molar-refractivity contribution in [3.05, 3.63) is 82.5 Å². The summed E-state index contributed by atoms with van der Waals surface area (Å²) in [5.74, 6) is -0.167. The van der Waals surface area contributed by atoms with Crippen molar-refractivity contribution >= 4 is 50.3 Å². The number of carbonyl (C=O) groups is 2. The molecule has 44 heavy (non-hydrogen) atoms. The van der Waals surface area contributed by atoms with Crippen LogP contribution in [0.5, 0.6) is 5.75 Å². The second-order valence-electron chi connectivity index (χ2n) is 10.5. The molecule has 2 amide bonds. The molecular weight excluding hydrogens is 600 g/mol. The van der Waals surface area contributed by atoms with Gasteiger partial charge in [-0.05, 0) is 41.3 Å². The topological polar surface area (TPSA) is 93.7 Å². The minimum atomic E-state index is -0.411. The van der Waals surface area contributed by atoms with E-state index in [4.69, 9.17) is 19.4 Å². The number of nitrogens with zero attached hydrogens (tertiary/aromatic N) is 3. The molecule has 1 N–H and O–H groups in total. The molecule has 0 spiro atoms. The Morgan fingerprint density at radius 2 is 2.05 bits per heavy atom. The average Bonchev–Trinajstić information content (AvgIpc) is 3.77. The highest BCUT2D eigenvalue weighted by Gasteiger charge is 2.28. The molecule has 0 saturated heterocycles. The standard InChI is InChI=1S/C33H27FN4O4S2/c1-3-28(40)38-10-8-23-26(17-38)44-33(36-23)31-29(21-7-6-20(34)16-25(21)42-12-11-41-2)32-22(9-13-43-32)30(37-31)19-5-4-18-15-27(39)35-24(18)14-19/h3-7,9,13-14,16H,1,8,10-12,15,17H2,2H3,(H,35,39). The molecule has 0 radical (unpaired) electrons. The number of aromatic nitrogens is 2. The Balaban J connectivity index is 1.45. The maximum absolute atomic E-state index is 14.6. The lowest BCUT2D eigenvalue weighted by molar-refractivity contribution is -0.126. The third-order valence-corrected chi connectivity index (χ3v) is 9.82. The minimum absolute atomic E-state index is 0.0310. The molecule has 3 aromatic heterocycles. The van der Waals surface area contributed by atoms with Gasteiger partial charge in [0.25, 0.3) is 0 Å². The molecule has 2 aromatic carbocycles. The van der Waals surface area contributed by atoms with Gasteiger partial charge < -0.3 is 19.7 Å². The summed E-state index contributed by atoms with van der Waals surface area (Å²) in [6, 6.07) is 12.5. The van der Waals surface area contributed by atoms with Crippen molar-refractivity contribution in [2.75, 3.05) is 32.2 Å². The zero-order valence-corrected chi connectivity index (χ0v) is 25.4. The Bertz CT molecular complexity index is 1970. The number of nitrogens with one attached hydrogen (secondary N) is 1. The first-order chi connectivity index (χ1) is 21.4. The van der Waals surface area contributed by atoms with E-state index in [1.54, 1.807) is 29.4 Å². The molecule has 0 fully saturated rings. The van der Waals surface area contributed by atoms with Crippen LogP contribution in [0.25, 0.3) is 43.2 Å². The van der Waals surface area contributed by atoms with Crippen LogP contribution in [-0.2, 0) is 33.7 Å². The molecule has 0 saturated carbocycles. The molecule has 222 valence electrons. The van der Waals surface area contributed by atoms with Gasteiger partial charge in [-0.3, -0.25) is 9.59 Å². The van der Waals surface area contributed by atoms with Gasteiger partial charge in [0.15, 0.2) is 0 Å². The monoisotopic (exact) mass is 626 g/mol. The average molecular weight is 627 g/mol. The van der Waals surface area contributed by atoms with E-state index >= 15 is 0 Å². The number of carbonyl (C=O) groups excluding carboxylic acids is 2. The summed E-state index contributed by atoms with van der Waals surface area (Å²) in [5, 5.41) is 6.59. The molecule has 0 unspecified atom stereocenters. The van der Waals surface area contributed by atoms with Crippen molar-refractivity contribution in [2.45, 2.75) is 19.4 Å². The van der Waals surface area contributed by atoms with Crippen molar-refractivity contribution in [1.82, 2.24) is 14.9 Å². The Hall–Kier alpha value is -4.45. The number of thiazole rings is 1. The largest absolute Gasteiger partial charge is 0.490 e. The summed E-state index contributed by atoms with van der Waals surface area (Å²) >= 11 is 3.07. The summed E-state index contributed by atoms with van der Waals surface area (Å²) in [6.07, 6.45) is 2.32. The van der Waals surface area contributed by atoms with Crippen LogP contribution in [0.1, 0.15) is 16.1 Å². The zero-order valence-electron chi connectivity index (χ0n) is 23.8. The number of thiophene rings is 1. The predicted octanol–water partition coefficient (Wildman–Crippen LogP) is 6.48. The number of ether oxygens (including phenoxy) is 2. The fraction of sp³-hybridized carbons (Fsp3) is 0.212. The fourth-order valence-corrected chi connectivity index (χ4v) is 7.76. The molecule has 0 aliphatic carbocycles. The van der Waals surface area contributed by atoms with E-state index in [0.29, 0.717) is 54.6 Å². The summed E-state index contributed by atoms with van der Waals surface area (Å²) in [6.45, 7) is 5.25. The van der Waals surface area contributed by atoms with Crippen LogP contribution in [0.4, 0.5) is 10.1 Å². The molecule has 7 rings (SSSR count). The molecule has 0 bridgehead atoms. The summed E-state index contributed by atoms with van der Waals surface area (Å²) in [7, 11) is 1.59. The predicted molar refractivity (Wildman–Crippen MR) is 171 cm³/mol. The third-order valence-electron chi connectivity index (χ3n) is 7.79. The van der Waals surface area contributed by atoms with Crippen LogP contribution < -0.4 is 10.1 Å². The summed E-state index contributed by atoms with van der Waals surface area (Å²) in [5.41, 5.74) is 6.43. The maximum atomic E-state index is 14.6. The Labute approximate surface area is 260 Å². The van der Waals surface area contributed by atoms with Crippen molar-refractivity contribution in [1.29, 1.82) is 0 Å². The van der Waals surface area contributed by atoms with Crippen molar-refractivity contribution in [3.63, 3.8) is 0 Å². The summed E-state index contributed by atoms with van der Waals surface area (Å²) < 4.78 is 26.7. The van der Waals surface area contributed by atoms with E-state index in [1.165, 1.54) is 29.5 Å². The second kappa shape index (κ2) is 11.6. The number of amides is 2. The molecule has 2 aliphatic heterocycles. The van der Waals surface area contributed by atoms with E-state index in [2.05, 4.69) is 11.9 Å². The van der Waals surface area contributed by atoms with Gasteiger partial charge >= 0.3 is 0 Å². The van der Waals surface area contributed by atoms with Crippen LogP contribution in [-0.4, -0.2) is 53.6 Å². The van der Waals surface area contributed by atoms with Gasteiger partial charge in [0.1, 0.15) is 28.9 Å². The number of hydrogen-bond acceptors (Lipinski definition) is 8. The lowest BCUT2D eigenvalue weighted by Crippen LogP contribution is -2.34. The smallest absolute Gasteiger partial charge is 0.246 e.